The monoisotopic (exact) mass is 345 g/mol. The summed E-state index contributed by atoms with van der Waals surface area (Å²) in [6.45, 7) is 6.06. The summed E-state index contributed by atoms with van der Waals surface area (Å²) in [5, 5.41) is 0. The van der Waals surface area contributed by atoms with Crippen LogP contribution >= 0.6 is 0 Å². The van der Waals surface area contributed by atoms with E-state index in [0.717, 1.165) is 0 Å². The Morgan fingerprint density at radius 2 is 1.12 bits per heavy atom. The van der Waals surface area contributed by atoms with Gasteiger partial charge >= 0.3 is 0 Å². The first-order valence-corrected chi connectivity index (χ1v) is 8.58. The van der Waals surface area contributed by atoms with E-state index in [0.29, 0.717) is 63.6 Å². The maximum absolute atomic E-state index is 12.6. The summed E-state index contributed by atoms with van der Waals surface area (Å²) < 4.78 is 5.26. The number of benzene rings is 1. The Balaban J connectivity index is 1.61. The predicted octanol–water partition coefficient (Wildman–Crippen LogP) is 0.463. The number of nitrogens with zero attached hydrogens (tertiary/aromatic N) is 3. The van der Waals surface area contributed by atoms with Crippen LogP contribution in [0.3, 0.4) is 0 Å². The Bertz CT molecular complexity index is 645. The molecule has 0 spiro atoms. The quantitative estimate of drug-likeness (QED) is 0.781. The van der Waals surface area contributed by atoms with Gasteiger partial charge in [-0.2, -0.15) is 0 Å². The zero-order valence-electron chi connectivity index (χ0n) is 14.4. The van der Waals surface area contributed by atoms with Crippen molar-refractivity contribution in [2.45, 2.75) is 6.92 Å². The summed E-state index contributed by atoms with van der Waals surface area (Å²) in [4.78, 5) is 41.6. The fourth-order valence-electron chi connectivity index (χ4n) is 3.11. The summed E-state index contributed by atoms with van der Waals surface area (Å²) in [6, 6.07) is 6.81. The summed E-state index contributed by atoms with van der Waals surface area (Å²) in [6.07, 6.45) is 0. The van der Waals surface area contributed by atoms with Gasteiger partial charge in [-0.05, 0) is 24.3 Å². The van der Waals surface area contributed by atoms with Crippen LogP contribution in [0.2, 0.25) is 0 Å². The topological polar surface area (TPSA) is 70.2 Å². The van der Waals surface area contributed by atoms with Crippen molar-refractivity contribution in [1.82, 2.24) is 14.7 Å². The molecule has 2 aliphatic rings. The van der Waals surface area contributed by atoms with E-state index in [-0.39, 0.29) is 17.7 Å². The molecule has 0 radical (unpaired) electrons. The fraction of sp³-hybridized carbons (Fsp3) is 0.500. The van der Waals surface area contributed by atoms with E-state index in [1.54, 1.807) is 45.9 Å². The van der Waals surface area contributed by atoms with E-state index in [4.69, 9.17) is 4.74 Å². The maximum atomic E-state index is 12.6. The third-order valence-corrected chi connectivity index (χ3v) is 4.69. The number of hydrogen-bond acceptors (Lipinski definition) is 4. The van der Waals surface area contributed by atoms with Gasteiger partial charge in [-0.15, -0.1) is 0 Å². The Hall–Kier alpha value is -2.41. The molecule has 2 fully saturated rings. The molecular formula is C18H23N3O4. The van der Waals surface area contributed by atoms with E-state index in [1.807, 2.05) is 0 Å². The first-order chi connectivity index (χ1) is 12.1. The number of carbonyl (C=O) groups excluding carboxylic acids is 3. The highest BCUT2D eigenvalue weighted by Crippen LogP contribution is 2.13. The number of carbonyl (C=O) groups is 3. The van der Waals surface area contributed by atoms with Crippen molar-refractivity contribution in [2.24, 2.45) is 0 Å². The number of rotatable bonds is 2. The zero-order chi connectivity index (χ0) is 17.8. The van der Waals surface area contributed by atoms with E-state index in [2.05, 4.69) is 0 Å². The molecule has 7 heteroatoms. The second-order valence-corrected chi connectivity index (χ2v) is 6.28. The van der Waals surface area contributed by atoms with Gasteiger partial charge in [-0.3, -0.25) is 14.4 Å². The second kappa shape index (κ2) is 7.65. The average molecular weight is 345 g/mol. The molecule has 134 valence electrons. The maximum Gasteiger partial charge on any atom is 0.254 e. The van der Waals surface area contributed by atoms with Gasteiger partial charge in [0.2, 0.25) is 5.91 Å². The lowest BCUT2D eigenvalue weighted by Gasteiger charge is -2.34. The van der Waals surface area contributed by atoms with Gasteiger partial charge in [-0.25, -0.2) is 0 Å². The number of ether oxygens (including phenoxy) is 1. The highest BCUT2D eigenvalue weighted by molar-refractivity contribution is 5.98. The molecule has 2 aliphatic heterocycles. The van der Waals surface area contributed by atoms with Gasteiger partial charge < -0.3 is 19.4 Å². The lowest BCUT2D eigenvalue weighted by Crippen LogP contribution is -2.50. The van der Waals surface area contributed by atoms with Crippen LogP contribution in [-0.4, -0.2) is 84.9 Å². The highest BCUT2D eigenvalue weighted by atomic mass is 16.5. The van der Waals surface area contributed by atoms with Crippen molar-refractivity contribution in [3.63, 3.8) is 0 Å². The van der Waals surface area contributed by atoms with E-state index < -0.39 is 0 Å². The third kappa shape index (κ3) is 3.99. The number of piperazine rings is 1. The van der Waals surface area contributed by atoms with Crippen LogP contribution in [0.4, 0.5) is 0 Å². The van der Waals surface area contributed by atoms with Crippen LogP contribution in [-0.2, 0) is 9.53 Å². The van der Waals surface area contributed by atoms with Gasteiger partial charge in [0.15, 0.2) is 0 Å². The first-order valence-electron chi connectivity index (χ1n) is 8.58. The van der Waals surface area contributed by atoms with E-state index in [9.17, 15) is 14.4 Å². The van der Waals surface area contributed by atoms with Gasteiger partial charge in [0.1, 0.15) is 0 Å². The van der Waals surface area contributed by atoms with E-state index >= 15 is 0 Å². The van der Waals surface area contributed by atoms with Crippen LogP contribution in [0, 0.1) is 0 Å². The van der Waals surface area contributed by atoms with Gasteiger partial charge in [0.25, 0.3) is 11.8 Å². The van der Waals surface area contributed by atoms with Crippen molar-refractivity contribution >= 4 is 17.7 Å². The normalized spacial score (nSPS) is 18.2. The fourth-order valence-corrected chi connectivity index (χ4v) is 3.11. The van der Waals surface area contributed by atoms with Crippen LogP contribution < -0.4 is 0 Å². The molecule has 7 nitrogen and oxygen atoms in total. The van der Waals surface area contributed by atoms with Crippen LogP contribution in [0.25, 0.3) is 0 Å². The summed E-state index contributed by atoms with van der Waals surface area (Å²) in [7, 11) is 0. The minimum Gasteiger partial charge on any atom is -0.378 e. The molecule has 0 N–H and O–H groups in total. The lowest BCUT2D eigenvalue weighted by atomic mass is 10.1. The third-order valence-electron chi connectivity index (χ3n) is 4.69. The number of morpholine rings is 1. The Morgan fingerprint density at radius 1 is 0.720 bits per heavy atom. The molecule has 2 saturated heterocycles. The minimum absolute atomic E-state index is 0.0302. The van der Waals surface area contributed by atoms with Crippen molar-refractivity contribution < 1.29 is 19.1 Å². The molecule has 1 aromatic rings. The minimum atomic E-state index is -0.0615. The largest absolute Gasteiger partial charge is 0.378 e. The standard InChI is InChI=1S/C18H23N3O4/c1-14(22)19-6-8-20(9-7-19)17(23)15-2-4-16(5-3-15)18(24)21-10-12-25-13-11-21/h2-5H,6-13H2,1H3. The molecule has 0 bridgehead atoms. The molecule has 25 heavy (non-hydrogen) atoms. The highest BCUT2D eigenvalue weighted by Gasteiger charge is 2.24. The molecule has 0 unspecified atom stereocenters. The number of amides is 3. The SMILES string of the molecule is CC(=O)N1CCN(C(=O)c2ccc(C(=O)N3CCOCC3)cc2)CC1. The Labute approximate surface area is 147 Å². The van der Waals surface area contributed by atoms with Crippen LogP contribution in [0.1, 0.15) is 27.6 Å². The van der Waals surface area contributed by atoms with Crippen molar-refractivity contribution in [3.05, 3.63) is 35.4 Å². The molecule has 0 atom stereocenters. The predicted molar refractivity (Wildman–Crippen MR) is 91.3 cm³/mol. The summed E-state index contributed by atoms with van der Waals surface area (Å²) >= 11 is 0. The lowest BCUT2D eigenvalue weighted by molar-refractivity contribution is -0.130. The Kier molecular flexibility index (Phi) is 5.33. The molecule has 1 aromatic carbocycles. The number of hydrogen-bond donors (Lipinski definition) is 0. The van der Waals surface area contributed by atoms with Crippen molar-refractivity contribution in [2.75, 3.05) is 52.5 Å². The molecule has 2 heterocycles. The molecule has 0 aromatic heterocycles. The first kappa shape index (κ1) is 17.4. The van der Waals surface area contributed by atoms with E-state index in [1.165, 1.54) is 0 Å². The second-order valence-electron chi connectivity index (χ2n) is 6.28. The summed E-state index contributed by atoms with van der Waals surface area (Å²) in [5.41, 5.74) is 1.15. The van der Waals surface area contributed by atoms with Gasteiger partial charge in [0.05, 0.1) is 13.2 Å². The van der Waals surface area contributed by atoms with Crippen LogP contribution in [0.5, 0.6) is 0 Å². The van der Waals surface area contributed by atoms with Crippen molar-refractivity contribution in [1.29, 1.82) is 0 Å². The molecule has 3 amide bonds. The van der Waals surface area contributed by atoms with Crippen LogP contribution in [0.15, 0.2) is 24.3 Å². The average Bonchev–Trinajstić information content (AvgIpc) is 2.67. The Morgan fingerprint density at radius 3 is 1.56 bits per heavy atom. The van der Waals surface area contributed by atoms with Gasteiger partial charge in [-0.1, -0.05) is 0 Å². The van der Waals surface area contributed by atoms with Crippen molar-refractivity contribution in [3.8, 4) is 0 Å². The zero-order valence-corrected chi connectivity index (χ0v) is 14.4. The molecule has 3 rings (SSSR count). The molecule has 0 saturated carbocycles. The van der Waals surface area contributed by atoms with Gasteiger partial charge in [0, 0.05) is 57.3 Å². The molecular weight excluding hydrogens is 322 g/mol. The molecule has 0 aliphatic carbocycles. The summed E-state index contributed by atoms with van der Waals surface area (Å²) in [5.74, 6) is -0.0518. The smallest absolute Gasteiger partial charge is 0.254 e.